The van der Waals surface area contributed by atoms with Crippen LogP contribution in [0.25, 0.3) is 0 Å². The number of nitrogens with zero attached hydrogens (tertiary/aromatic N) is 2. The zero-order valence-corrected chi connectivity index (χ0v) is 18.1. The van der Waals surface area contributed by atoms with Gasteiger partial charge in [0.1, 0.15) is 0 Å². The summed E-state index contributed by atoms with van der Waals surface area (Å²) >= 11 is 0. The fourth-order valence-corrected chi connectivity index (χ4v) is 3.65. The number of hydrogen-bond donors (Lipinski definition) is 1. The maximum atomic E-state index is 13.1. The largest absolute Gasteiger partial charge is 0.378 e. The zero-order valence-electron chi connectivity index (χ0n) is 18.1. The molecule has 1 fully saturated rings. The van der Waals surface area contributed by atoms with E-state index in [-0.39, 0.29) is 18.4 Å². The number of morpholine rings is 1. The van der Waals surface area contributed by atoms with E-state index in [4.69, 9.17) is 4.74 Å². The molecule has 2 aromatic rings. The quantitative estimate of drug-likeness (QED) is 0.762. The number of hydrogen-bond acceptors (Lipinski definition) is 4. The lowest BCUT2D eigenvalue weighted by molar-refractivity contribution is -0.138. The first-order chi connectivity index (χ1) is 14.4. The standard InChI is InChI=1S/C24H31N3O3/c1-4-26(23(29)24(2,3)19-8-6-5-7-9-19)18-22(28)25-20-10-12-21(13-11-20)27-14-16-30-17-15-27/h5-13H,4,14-18H2,1-3H3,(H,25,28). The van der Waals surface area contributed by atoms with Crippen LogP contribution in [0.3, 0.4) is 0 Å². The van der Waals surface area contributed by atoms with Gasteiger partial charge in [0.15, 0.2) is 0 Å². The van der Waals surface area contributed by atoms with Gasteiger partial charge in [-0.25, -0.2) is 0 Å². The van der Waals surface area contributed by atoms with Crippen molar-refractivity contribution >= 4 is 23.2 Å². The number of amides is 2. The second kappa shape index (κ2) is 9.76. The molecule has 0 unspecified atom stereocenters. The molecular weight excluding hydrogens is 378 g/mol. The molecular formula is C24H31N3O3. The molecule has 0 bridgehead atoms. The molecule has 3 rings (SSSR count). The van der Waals surface area contributed by atoms with Crippen LogP contribution in [0.2, 0.25) is 0 Å². The predicted octanol–water partition coefficient (Wildman–Crippen LogP) is 3.29. The summed E-state index contributed by atoms with van der Waals surface area (Å²) in [6.45, 7) is 9.40. The second-order valence-electron chi connectivity index (χ2n) is 8.00. The van der Waals surface area contributed by atoms with Crippen molar-refractivity contribution in [2.75, 3.05) is 49.6 Å². The molecule has 1 aliphatic heterocycles. The first-order valence-electron chi connectivity index (χ1n) is 10.5. The van der Waals surface area contributed by atoms with Crippen molar-refractivity contribution in [3.05, 3.63) is 60.2 Å². The van der Waals surface area contributed by atoms with Crippen LogP contribution in [0.1, 0.15) is 26.3 Å². The first kappa shape index (κ1) is 21.8. The molecule has 30 heavy (non-hydrogen) atoms. The minimum Gasteiger partial charge on any atom is -0.378 e. The third-order valence-corrected chi connectivity index (χ3v) is 5.56. The molecule has 0 saturated carbocycles. The summed E-state index contributed by atoms with van der Waals surface area (Å²) in [7, 11) is 0. The molecule has 6 heteroatoms. The Balaban J connectivity index is 1.60. The Morgan fingerprint density at radius 1 is 1.03 bits per heavy atom. The molecule has 0 spiro atoms. The summed E-state index contributed by atoms with van der Waals surface area (Å²) < 4.78 is 5.39. The minimum atomic E-state index is -0.697. The molecule has 1 heterocycles. The minimum absolute atomic E-state index is 0.0246. The van der Waals surface area contributed by atoms with Crippen molar-refractivity contribution in [2.45, 2.75) is 26.2 Å². The van der Waals surface area contributed by atoms with E-state index in [1.54, 1.807) is 4.90 Å². The maximum absolute atomic E-state index is 13.1. The van der Waals surface area contributed by atoms with Crippen LogP contribution in [0, 0.1) is 0 Å². The molecule has 6 nitrogen and oxygen atoms in total. The number of rotatable bonds is 7. The van der Waals surface area contributed by atoms with Crippen molar-refractivity contribution in [3.63, 3.8) is 0 Å². The van der Waals surface area contributed by atoms with E-state index >= 15 is 0 Å². The highest BCUT2D eigenvalue weighted by atomic mass is 16.5. The topological polar surface area (TPSA) is 61.9 Å². The molecule has 0 atom stereocenters. The SMILES string of the molecule is CCN(CC(=O)Nc1ccc(N2CCOCC2)cc1)C(=O)C(C)(C)c1ccccc1. The summed E-state index contributed by atoms with van der Waals surface area (Å²) in [5.41, 5.74) is 2.08. The summed E-state index contributed by atoms with van der Waals surface area (Å²) in [4.78, 5) is 29.6. The average Bonchev–Trinajstić information content (AvgIpc) is 2.78. The van der Waals surface area contributed by atoms with Crippen LogP contribution in [-0.2, 0) is 19.7 Å². The molecule has 1 saturated heterocycles. The number of carbonyl (C=O) groups excluding carboxylic acids is 2. The highest BCUT2D eigenvalue weighted by molar-refractivity contribution is 5.96. The van der Waals surface area contributed by atoms with Crippen molar-refractivity contribution in [1.82, 2.24) is 4.90 Å². The van der Waals surface area contributed by atoms with Gasteiger partial charge in [-0.1, -0.05) is 30.3 Å². The Hall–Kier alpha value is -2.86. The van der Waals surface area contributed by atoms with Crippen molar-refractivity contribution < 1.29 is 14.3 Å². The van der Waals surface area contributed by atoms with E-state index in [0.717, 1.165) is 43.2 Å². The van der Waals surface area contributed by atoms with E-state index in [1.807, 2.05) is 75.4 Å². The van der Waals surface area contributed by atoms with Crippen LogP contribution in [-0.4, -0.2) is 56.1 Å². The summed E-state index contributed by atoms with van der Waals surface area (Å²) in [6.07, 6.45) is 0. The first-order valence-corrected chi connectivity index (χ1v) is 10.5. The average molecular weight is 410 g/mol. The predicted molar refractivity (Wildman–Crippen MR) is 120 cm³/mol. The molecule has 2 aromatic carbocycles. The monoisotopic (exact) mass is 409 g/mol. The van der Waals surface area contributed by atoms with Gasteiger partial charge in [0.05, 0.1) is 25.2 Å². The van der Waals surface area contributed by atoms with Gasteiger partial charge in [0.2, 0.25) is 11.8 Å². The number of nitrogens with one attached hydrogen (secondary N) is 1. The normalized spacial score (nSPS) is 14.3. The summed E-state index contributed by atoms with van der Waals surface area (Å²) in [6, 6.07) is 17.5. The van der Waals surface area contributed by atoms with Crippen LogP contribution in [0.4, 0.5) is 11.4 Å². The molecule has 0 aliphatic carbocycles. The second-order valence-corrected chi connectivity index (χ2v) is 8.00. The van der Waals surface area contributed by atoms with E-state index < -0.39 is 5.41 Å². The Bertz CT molecular complexity index is 844. The van der Waals surface area contributed by atoms with Crippen molar-refractivity contribution in [1.29, 1.82) is 0 Å². The zero-order chi connectivity index (χ0) is 21.6. The molecule has 0 radical (unpaired) electrons. The van der Waals surface area contributed by atoms with Gasteiger partial charge in [-0.2, -0.15) is 0 Å². The molecule has 2 amide bonds. The molecule has 1 N–H and O–H groups in total. The molecule has 1 aliphatic rings. The fraction of sp³-hybridized carbons (Fsp3) is 0.417. The van der Waals surface area contributed by atoms with Gasteiger partial charge < -0.3 is 19.9 Å². The fourth-order valence-electron chi connectivity index (χ4n) is 3.65. The van der Waals surface area contributed by atoms with Gasteiger partial charge in [0, 0.05) is 31.0 Å². The summed E-state index contributed by atoms with van der Waals surface area (Å²) in [5.74, 6) is -0.262. The number of carbonyl (C=O) groups is 2. The van der Waals surface area contributed by atoms with Crippen LogP contribution in [0.15, 0.2) is 54.6 Å². The van der Waals surface area contributed by atoms with Crippen LogP contribution >= 0.6 is 0 Å². The summed E-state index contributed by atoms with van der Waals surface area (Å²) in [5, 5.41) is 2.91. The molecule has 0 aromatic heterocycles. The Morgan fingerprint density at radius 2 is 1.67 bits per heavy atom. The smallest absolute Gasteiger partial charge is 0.243 e. The number of ether oxygens (including phenoxy) is 1. The number of likely N-dealkylation sites (N-methyl/N-ethyl adjacent to an activating group) is 1. The van der Waals surface area contributed by atoms with Crippen LogP contribution in [0.5, 0.6) is 0 Å². The van der Waals surface area contributed by atoms with Gasteiger partial charge >= 0.3 is 0 Å². The van der Waals surface area contributed by atoms with Gasteiger partial charge in [-0.15, -0.1) is 0 Å². The third kappa shape index (κ3) is 5.19. The van der Waals surface area contributed by atoms with Crippen molar-refractivity contribution in [2.24, 2.45) is 0 Å². The molecule has 160 valence electrons. The lowest BCUT2D eigenvalue weighted by Gasteiger charge is -2.31. The lowest BCUT2D eigenvalue weighted by atomic mass is 9.83. The Kier molecular flexibility index (Phi) is 7.11. The Morgan fingerprint density at radius 3 is 2.27 bits per heavy atom. The maximum Gasteiger partial charge on any atom is 0.243 e. The van der Waals surface area contributed by atoms with Gasteiger partial charge in [-0.3, -0.25) is 9.59 Å². The van der Waals surface area contributed by atoms with Gasteiger partial charge in [0.25, 0.3) is 0 Å². The highest BCUT2D eigenvalue weighted by Gasteiger charge is 2.33. The van der Waals surface area contributed by atoms with Crippen LogP contribution < -0.4 is 10.2 Å². The van der Waals surface area contributed by atoms with Crippen molar-refractivity contribution in [3.8, 4) is 0 Å². The lowest BCUT2D eigenvalue weighted by Crippen LogP contribution is -2.46. The third-order valence-electron chi connectivity index (χ3n) is 5.56. The van der Waals surface area contributed by atoms with Gasteiger partial charge in [-0.05, 0) is 50.6 Å². The number of benzene rings is 2. The highest BCUT2D eigenvalue weighted by Crippen LogP contribution is 2.25. The Labute approximate surface area is 178 Å². The van der Waals surface area contributed by atoms with E-state index in [2.05, 4.69) is 10.2 Å². The number of anilines is 2. The van der Waals surface area contributed by atoms with E-state index in [9.17, 15) is 9.59 Å². The van der Waals surface area contributed by atoms with E-state index in [0.29, 0.717) is 6.54 Å². The van der Waals surface area contributed by atoms with E-state index in [1.165, 1.54) is 0 Å².